The third-order valence-electron chi connectivity index (χ3n) is 5.30. The molecule has 27 heavy (non-hydrogen) atoms. The molecule has 2 aromatic carbocycles. The molecule has 0 spiro atoms. The van der Waals surface area contributed by atoms with Crippen molar-refractivity contribution < 1.29 is 4.39 Å². The molecular formula is C23H20FN3. The molecule has 3 heterocycles. The van der Waals surface area contributed by atoms with Gasteiger partial charge in [-0.25, -0.2) is 9.37 Å². The Kier molecular flexibility index (Phi) is 3.98. The van der Waals surface area contributed by atoms with E-state index in [1.54, 1.807) is 0 Å². The molecule has 134 valence electrons. The van der Waals surface area contributed by atoms with E-state index in [0.29, 0.717) is 0 Å². The van der Waals surface area contributed by atoms with Crippen molar-refractivity contribution in [2.24, 2.45) is 0 Å². The van der Waals surface area contributed by atoms with Gasteiger partial charge in [-0.3, -0.25) is 4.90 Å². The van der Waals surface area contributed by atoms with E-state index >= 15 is 0 Å². The quantitative estimate of drug-likeness (QED) is 0.519. The summed E-state index contributed by atoms with van der Waals surface area (Å²) in [5, 5.41) is 1.15. The summed E-state index contributed by atoms with van der Waals surface area (Å²) in [4.78, 5) is 7.02. The standard InChI is InChI=1S/C23H20FN3/c24-21-7-5-18(6-8-21)19-9-11-26(12-10-19)15-17-13-23-25-14-20-3-1-2-4-22(20)27(23)16-17/h1-9,13-14,16H,10-12,15H2. The number of para-hydroxylation sites is 1. The SMILES string of the molecule is Fc1ccc(C2=CCN(Cc3cc4ncc5ccccc5n4c3)CC2)cc1. The number of fused-ring (bicyclic) bond motifs is 3. The molecule has 0 atom stereocenters. The van der Waals surface area contributed by atoms with Crippen LogP contribution in [-0.2, 0) is 6.54 Å². The van der Waals surface area contributed by atoms with Crippen LogP contribution in [0.2, 0.25) is 0 Å². The van der Waals surface area contributed by atoms with Gasteiger partial charge in [-0.2, -0.15) is 0 Å². The normalized spacial score (nSPS) is 15.4. The molecule has 1 aliphatic heterocycles. The fourth-order valence-electron chi connectivity index (χ4n) is 3.87. The lowest BCUT2D eigenvalue weighted by Gasteiger charge is -2.26. The zero-order valence-electron chi connectivity index (χ0n) is 15.0. The van der Waals surface area contributed by atoms with Crippen LogP contribution in [0, 0.1) is 5.82 Å². The van der Waals surface area contributed by atoms with Gasteiger partial charge in [-0.15, -0.1) is 0 Å². The highest BCUT2D eigenvalue weighted by molar-refractivity contribution is 5.80. The van der Waals surface area contributed by atoms with Gasteiger partial charge in [-0.05, 0) is 47.4 Å². The summed E-state index contributed by atoms with van der Waals surface area (Å²) < 4.78 is 15.3. The van der Waals surface area contributed by atoms with Gasteiger partial charge >= 0.3 is 0 Å². The molecule has 3 nitrogen and oxygen atoms in total. The molecule has 0 aliphatic carbocycles. The molecule has 0 bridgehead atoms. The largest absolute Gasteiger partial charge is 0.301 e. The Morgan fingerprint density at radius 3 is 2.70 bits per heavy atom. The van der Waals surface area contributed by atoms with E-state index in [2.05, 4.69) is 50.8 Å². The van der Waals surface area contributed by atoms with Crippen molar-refractivity contribution >= 4 is 22.1 Å². The molecule has 5 rings (SSSR count). The summed E-state index contributed by atoms with van der Waals surface area (Å²) in [5.74, 6) is -0.182. The lowest BCUT2D eigenvalue weighted by molar-refractivity contribution is 0.294. The van der Waals surface area contributed by atoms with Crippen LogP contribution in [0.1, 0.15) is 17.5 Å². The first kappa shape index (κ1) is 16.2. The van der Waals surface area contributed by atoms with Gasteiger partial charge in [-0.1, -0.05) is 36.4 Å². The summed E-state index contributed by atoms with van der Waals surface area (Å²) in [7, 11) is 0. The highest BCUT2D eigenvalue weighted by Gasteiger charge is 2.14. The first-order chi connectivity index (χ1) is 13.3. The zero-order chi connectivity index (χ0) is 18.2. The lowest BCUT2D eigenvalue weighted by Crippen LogP contribution is -2.27. The van der Waals surface area contributed by atoms with E-state index in [9.17, 15) is 4.39 Å². The molecule has 1 aliphatic rings. The highest BCUT2D eigenvalue weighted by atomic mass is 19.1. The van der Waals surface area contributed by atoms with Crippen molar-refractivity contribution in [1.82, 2.24) is 14.3 Å². The minimum atomic E-state index is -0.182. The second-order valence-electron chi connectivity index (χ2n) is 7.11. The van der Waals surface area contributed by atoms with E-state index in [1.807, 2.05) is 24.4 Å². The van der Waals surface area contributed by atoms with Crippen LogP contribution >= 0.6 is 0 Å². The fourth-order valence-corrected chi connectivity index (χ4v) is 3.87. The molecule has 4 heteroatoms. The average molecular weight is 357 g/mol. The van der Waals surface area contributed by atoms with Crippen molar-refractivity contribution in [3.8, 4) is 0 Å². The zero-order valence-corrected chi connectivity index (χ0v) is 15.0. The molecule has 0 fully saturated rings. The maximum atomic E-state index is 13.1. The topological polar surface area (TPSA) is 20.5 Å². The van der Waals surface area contributed by atoms with Gasteiger partial charge in [0.2, 0.25) is 0 Å². The van der Waals surface area contributed by atoms with Gasteiger partial charge in [0.1, 0.15) is 11.5 Å². The molecule has 0 amide bonds. The third kappa shape index (κ3) is 3.13. The number of hydrogen-bond acceptors (Lipinski definition) is 2. The smallest absolute Gasteiger partial charge is 0.137 e. The summed E-state index contributed by atoms with van der Waals surface area (Å²) in [6, 6.07) is 17.3. The van der Waals surface area contributed by atoms with Gasteiger partial charge in [0.05, 0.1) is 5.52 Å². The molecule has 2 aromatic heterocycles. The molecular weight excluding hydrogens is 337 g/mol. The lowest BCUT2D eigenvalue weighted by atomic mass is 9.99. The van der Waals surface area contributed by atoms with Crippen LogP contribution in [0.3, 0.4) is 0 Å². The van der Waals surface area contributed by atoms with Gasteiger partial charge in [0.15, 0.2) is 0 Å². The minimum absolute atomic E-state index is 0.182. The van der Waals surface area contributed by atoms with Crippen molar-refractivity contribution in [2.45, 2.75) is 13.0 Å². The summed E-state index contributed by atoms with van der Waals surface area (Å²) in [6.07, 6.45) is 7.39. The molecule has 0 radical (unpaired) electrons. The van der Waals surface area contributed by atoms with Gasteiger partial charge in [0, 0.05) is 37.4 Å². The fraction of sp³-hybridized carbons (Fsp3) is 0.174. The maximum Gasteiger partial charge on any atom is 0.137 e. The van der Waals surface area contributed by atoms with E-state index in [4.69, 9.17) is 0 Å². The molecule has 0 saturated heterocycles. The van der Waals surface area contributed by atoms with Crippen molar-refractivity contribution in [2.75, 3.05) is 13.1 Å². The van der Waals surface area contributed by atoms with Crippen molar-refractivity contribution in [3.63, 3.8) is 0 Å². The third-order valence-corrected chi connectivity index (χ3v) is 5.30. The Morgan fingerprint density at radius 2 is 1.89 bits per heavy atom. The highest BCUT2D eigenvalue weighted by Crippen LogP contribution is 2.24. The van der Waals surface area contributed by atoms with Gasteiger partial charge < -0.3 is 4.40 Å². The predicted octanol–water partition coefficient (Wildman–Crippen LogP) is 4.92. The van der Waals surface area contributed by atoms with Crippen LogP contribution in [0.25, 0.3) is 22.1 Å². The summed E-state index contributed by atoms with van der Waals surface area (Å²) in [6.45, 7) is 2.82. The summed E-state index contributed by atoms with van der Waals surface area (Å²) in [5.41, 5.74) is 5.88. The van der Waals surface area contributed by atoms with Crippen LogP contribution in [-0.4, -0.2) is 27.4 Å². The number of hydrogen-bond donors (Lipinski definition) is 0. The number of rotatable bonds is 3. The number of benzene rings is 2. The Balaban J connectivity index is 1.35. The number of aromatic nitrogens is 2. The Morgan fingerprint density at radius 1 is 1.04 bits per heavy atom. The second kappa shape index (κ2) is 6.63. The molecule has 0 unspecified atom stereocenters. The minimum Gasteiger partial charge on any atom is -0.301 e. The second-order valence-corrected chi connectivity index (χ2v) is 7.11. The number of nitrogens with zero attached hydrogens (tertiary/aromatic N) is 3. The Hall–Kier alpha value is -2.98. The predicted molar refractivity (Wildman–Crippen MR) is 107 cm³/mol. The van der Waals surface area contributed by atoms with E-state index in [0.717, 1.165) is 42.7 Å². The molecule has 0 N–H and O–H groups in total. The Bertz CT molecular complexity index is 1140. The monoisotopic (exact) mass is 357 g/mol. The van der Waals surface area contributed by atoms with Crippen LogP contribution in [0.5, 0.6) is 0 Å². The number of halogens is 1. The average Bonchev–Trinajstić information content (AvgIpc) is 3.12. The van der Waals surface area contributed by atoms with Gasteiger partial charge in [0.25, 0.3) is 0 Å². The maximum absolute atomic E-state index is 13.1. The van der Waals surface area contributed by atoms with E-state index in [-0.39, 0.29) is 5.82 Å². The van der Waals surface area contributed by atoms with Crippen molar-refractivity contribution in [3.05, 3.63) is 90.0 Å². The van der Waals surface area contributed by atoms with E-state index in [1.165, 1.54) is 28.8 Å². The van der Waals surface area contributed by atoms with E-state index < -0.39 is 0 Å². The Labute approximate surface area is 157 Å². The molecule has 4 aromatic rings. The van der Waals surface area contributed by atoms with Crippen LogP contribution in [0.4, 0.5) is 4.39 Å². The van der Waals surface area contributed by atoms with Crippen LogP contribution < -0.4 is 0 Å². The van der Waals surface area contributed by atoms with Crippen molar-refractivity contribution in [1.29, 1.82) is 0 Å². The summed E-state index contributed by atoms with van der Waals surface area (Å²) >= 11 is 0. The first-order valence-corrected chi connectivity index (χ1v) is 9.28. The first-order valence-electron chi connectivity index (χ1n) is 9.28. The van der Waals surface area contributed by atoms with Crippen LogP contribution in [0.15, 0.2) is 73.1 Å². The molecule has 0 saturated carbocycles.